The summed E-state index contributed by atoms with van der Waals surface area (Å²) in [5, 5.41) is 13.2. The molecule has 32 heavy (non-hydrogen) atoms. The predicted octanol–water partition coefficient (Wildman–Crippen LogP) is 3.07. The fourth-order valence-electron chi connectivity index (χ4n) is 2.29. The first-order chi connectivity index (χ1) is 14.5. The normalized spacial score (nSPS) is 13.4. The average Bonchev–Trinajstić information content (AvgIpc) is 3.12. The van der Waals surface area contributed by atoms with E-state index in [9.17, 15) is 35.9 Å². The highest BCUT2D eigenvalue weighted by Crippen LogP contribution is 2.38. The zero-order valence-electron chi connectivity index (χ0n) is 17.2. The minimum absolute atomic E-state index is 0.0295. The molecule has 0 saturated heterocycles. The molecule has 1 unspecified atom stereocenters. The monoisotopic (exact) mass is 467 g/mol. The Bertz CT molecular complexity index is 962. The van der Waals surface area contributed by atoms with Crippen molar-refractivity contribution < 1.29 is 35.9 Å². The maximum absolute atomic E-state index is 13.0. The first-order valence-corrected chi connectivity index (χ1v) is 8.95. The number of urea groups is 1. The summed E-state index contributed by atoms with van der Waals surface area (Å²) in [6.45, 7) is 6.39. The summed E-state index contributed by atoms with van der Waals surface area (Å²) in [4.78, 5) is 24.5. The van der Waals surface area contributed by atoms with Gasteiger partial charge in [-0.2, -0.15) is 31.1 Å². The van der Waals surface area contributed by atoms with Crippen LogP contribution in [0.15, 0.2) is 18.2 Å². The van der Waals surface area contributed by atoms with Crippen LogP contribution in [0.25, 0.3) is 11.4 Å². The molecule has 1 heterocycles. The molecule has 0 spiro atoms. The van der Waals surface area contributed by atoms with Gasteiger partial charge in [0.05, 0.1) is 11.1 Å². The SMILES string of the molecule is CC(C(=O)NNC(=O)NC(C)(C)C)n1nnc(-c2cc(C(F)(F)F)cc(C(F)(F)F)c2)n1. The first kappa shape index (κ1) is 24.9. The van der Waals surface area contributed by atoms with E-state index in [2.05, 4.69) is 31.6 Å². The second-order valence-electron chi connectivity index (χ2n) is 7.72. The van der Waals surface area contributed by atoms with E-state index in [0.717, 1.165) is 0 Å². The first-order valence-electron chi connectivity index (χ1n) is 8.95. The van der Waals surface area contributed by atoms with Crippen molar-refractivity contribution in [3.05, 3.63) is 29.3 Å². The Balaban J connectivity index is 2.23. The van der Waals surface area contributed by atoms with Crippen LogP contribution in [0, 0.1) is 0 Å². The van der Waals surface area contributed by atoms with E-state index in [1.54, 1.807) is 20.8 Å². The lowest BCUT2D eigenvalue weighted by atomic mass is 10.0. The molecule has 1 aromatic carbocycles. The molecule has 1 atom stereocenters. The van der Waals surface area contributed by atoms with Crippen molar-refractivity contribution in [2.45, 2.75) is 51.6 Å². The number of carbonyl (C=O) groups is 2. The number of benzene rings is 1. The van der Waals surface area contributed by atoms with Gasteiger partial charge in [-0.3, -0.25) is 10.2 Å². The summed E-state index contributed by atoms with van der Waals surface area (Å²) in [7, 11) is 0. The van der Waals surface area contributed by atoms with Gasteiger partial charge >= 0.3 is 18.4 Å². The highest BCUT2D eigenvalue weighted by Gasteiger charge is 2.37. The summed E-state index contributed by atoms with van der Waals surface area (Å²) < 4.78 is 78.1. The highest BCUT2D eigenvalue weighted by molar-refractivity contribution is 5.83. The number of hydrazine groups is 1. The van der Waals surface area contributed by atoms with Crippen molar-refractivity contribution in [2.75, 3.05) is 0 Å². The summed E-state index contributed by atoms with van der Waals surface area (Å²) >= 11 is 0. The molecular weight excluding hydrogens is 448 g/mol. The summed E-state index contributed by atoms with van der Waals surface area (Å²) in [6, 6.07) is -1.06. The number of carbonyl (C=O) groups excluding carboxylic acids is 2. The Morgan fingerprint density at radius 3 is 1.94 bits per heavy atom. The Kier molecular flexibility index (Phi) is 6.70. The molecule has 15 heteroatoms. The topological polar surface area (TPSA) is 114 Å². The maximum Gasteiger partial charge on any atom is 0.416 e. The lowest BCUT2D eigenvalue weighted by Crippen LogP contribution is -2.53. The third-order valence-electron chi connectivity index (χ3n) is 3.79. The van der Waals surface area contributed by atoms with Crippen LogP contribution in [-0.4, -0.2) is 37.7 Å². The number of tetrazole rings is 1. The standard InChI is InChI=1S/C17H19F6N7O2/c1-8(13(31)26-27-14(32)24-15(2,3)4)30-28-12(25-29-30)9-5-10(16(18,19)20)7-11(6-9)17(21,22)23/h5-8H,1-4H3,(H,26,31)(H2,24,27,32). The average molecular weight is 467 g/mol. The predicted molar refractivity (Wildman–Crippen MR) is 97.5 cm³/mol. The number of amides is 3. The second kappa shape index (κ2) is 8.63. The molecule has 1 aromatic heterocycles. The third-order valence-corrected chi connectivity index (χ3v) is 3.79. The number of halogens is 6. The molecular formula is C17H19F6N7O2. The van der Waals surface area contributed by atoms with Crippen molar-refractivity contribution in [1.82, 2.24) is 36.4 Å². The zero-order valence-corrected chi connectivity index (χ0v) is 17.2. The molecule has 0 aliphatic carbocycles. The van der Waals surface area contributed by atoms with E-state index in [4.69, 9.17) is 0 Å². The molecule has 0 aliphatic rings. The third kappa shape index (κ3) is 6.55. The number of nitrogens with zero attached hydrogens (tertiary/aromatic N) is 4. The Morgan fingerprint density at radius 2 is 1.47 bits per heavy atom. The van der Waals surface area contributed by atoms with E-state index >= 15 is 0 Å². The van der Waals surface area contributed by atoms with Crippen molar-refractivity contribution >= 4 is 11.9 Å². The molecule has 0 fully saturated rings. The Labute approximate surface area is 177 Å². The molecule has 0 saturated carbocycles. The van der Waals surface area contributed by atoms with Crippen LogP contribution < -0.4 is 16.2 Å². The lowest BCUT2D eigenvalue weighted by Gasteiger charge is -2.21. The molecule has 2 aromatic rings. The molecule has 0 radical (unpaired) electrons. The highest BCUT2D eigenvalue weighted by atomic mass is 19.4. The molecule has 2 rings (SSSR count). The minimum Gasteiger partial charge on any atom is -0.332 e. The van der Waals surface area contributed by atoms with E-state index in [1.165, 1.54) is 6.92 Å². The second-order valence-corrected chi connectivity index (χ2v) is 7.72. The van der Waals surface area contributed by atoms with E-state index in [0.29, 0.717) is 16.9 Å². The van der Waals surface area contributed by atoms with E-state index in [1.807, 2.05) is 0 Å². The van der Waals surface area contributed by atoms with Crippen molar-refractivity contribution in [3.63, 3.8) is 0 Å². The van der Waals surface area contributed by atoms with Crippen LogP contribution in [0.4, 0.5) is 31.1 Å². The quantitative estimate of drug-likeness (QED) is 0.474. The van der Waals surface area contributed by atoms with Crippen LogP contribution in [0.3, 0.4) is 0 Å². The Morgan fingerprint density at radius 1 is 0.938 bits per heavy atom. The van der Waals surface area contributed by atoms with Crippen molar-refractivity contribution in [1.29, 1.82) is 0 Å². The zero-order chi connectivity index (χ0) is 24.5. The summed E-state index contributed by atoms with van der Waals surface area (Å²) in [6.07, 6.45) is -10.1. The van der Waals surface area contributed by atoms with Gasteiger partial charge in [-0.05, 0) is 51.1 Å². The molecule has 3 N–H and O–H groups in total. The van der Waals surface area contributed by atoms with Gasteiger partial charge in [0.1, 0.15) is 0 Å². The lowest BCUT2D eigenvalue weighted by molar-refractivity contribution is -0.143. The molecule has 3 amide bonds. The fourth-order valence-corrected chi connectivity index (χ4v) is 2.29. The smallest absolute Gasteiger partial charge is 0.332 e. The summed E-state index contributed by atoms with van der Waals surface area (Å²) in [5.41, 5.74) is -0.0850. The number of rotatable bonds is 3. The van der Waals surface area contributed by atoms with Gasteiger partial charge in [-0.1, -0.05) is 0 Å². The van der Waals surface area contributed by atoms with Gasteiger partial charge in [0.25, 0.3) is 5.91 Å². The molecule has 176 valence electrons. The van der Waals surface area contributed by atoms with Crippen LogP contribution in [0.5, 0.6) is 0 Å². The largest absolute Gasteiger partial charge is 0.416 e. The van der Waals surface area contributed by atoms with Crippen molar-refractivity contribution in [2.24, 2.45) is 0 Å². The van der Waals surface area contributed by atoms with Gasteiger partial charge in [0.15, 0.2) is 6.04 Å². The number of alkyl halides is 6. The van der Waals surface area contributed by atoms with Crippen molar-refractivity contribution in [3.8, 4) is 11.4 Å². The van der Waals surface area contributed by atoms with E-state index < -0.39 is 58.4 Å². The van der Waals surface area contributed by atoms with Crippen LogP contribution >= 0.6 is 0 Å². The van der Waals surface area contributed by atoms with E-state index in [-0.39, 0.29) is 6.07 Å². The van der Waals surface area contributed by atoms with Crippen LogP contribution in [0.1, 0.15) is 44.9 Å². The molecule has 0 bridgehead atoms. The molecule has 9 nitrogen and oxygen atoms in total. The fraction of sp³-hybridized carbons (Fsp3) is 0.471. The van der Waals surface area contributed by atoms with Gasteiger partial charge in [-0.15, -0.1) is 10.2 Å². The Hall–Kier alpha value is -3.39. The van der Waals surface area contributed by atoms with Gasteiger partial charge < -0.3 is 5.32 Å². The minimum atomic E-state index is -5.04. The van der Waals surface area contributed by atoms with Crippen LogP contribution in [0.2, 0.25) is 0 Å². The van der Waals surface area contributed by atoms with Gasteiger partial charge in [-0.25, -0.2) is 10.2 Å². The van der Waals surface area contributed by atoms with Gasteiger partial charge in [0, 0.05) is 11.1 Å². The number of aromatic nitrogens is 4. The number of hydrogen-bond donors (Lipinski definition) is 3. The molecule has 0 aliphatic heterocycles. The van der Waals surface area contributed by atoms with Gasteiger partial charge in [0.2, 0.25) is 5.82 Å². The maximum atomic E-state index is 13.0. The number of nitrogens with one attached hydrogen (secondary N) is 3. The number of hydrogen-bond acceptors (Lipinski definition) is 5. The van der Waals surface area contributed by atoms with Crippen LogP contribution in [-0.2, 0) is 17.1 Å². The summed E-state index contributed by atoms with van der Waals surface area (Å²) in [5.74, 6) is -1.38.